The molecule has 5 rings (SSSR count). The molecular formula is C22H26N2OS. The summed E-state index contributed by atoms with van der Waals surface area (Å²) < 4.78 is 0. The fraction of sp³-hybridized carbons (Fsp3) is 0.545. The maximum absolute atomic E-state index is 12.4. The van der Waals surface area contributed by atoms with E-state index in [4.69, 9.17) is 0 Å². The zero-order valence-corrected chi connectivity index (χ0v) is 16.0. The molecular weight excluding hydrogens is 340 g/mol. The normalized spacial score (nSPS) is 26.7. The highest BCUT2D eigenvalue weighted by molar-refractivity contribution is 7.14. The first kappa shape index (κ1) is 16.5. The number of aryl methyl sites for hydroxylation is 2. The lowest BCUT2D eigenvalue weighted by atomic mass is 9.86. The minimum Gasteiger partial charge on any atom is -0.302 e. The van der Waals surface area contributed by atoms with Crippen LogP contribution in [0.1, 0.15) is 56.1 Å². The molecule has 1 N–H and O–H groups in total. The van der Waals surface area contributed by atoms with Crippen molar-refractivity contribution in [1.82, 2.24) is 4.98 Å². The van der Waals surface area contributed by atoms with Crippen LogP contribution in [0, 0.1) is 17.8 Å². The Morgan fingerprint density at radius 1 is 1.15 bits per heavy atom. The fourth-order valence-electron chi connectivity index (χ4n) is 5.39. The van der Waals surface area contributed by atoms with Gasteiger partial charge in [-0.3, -0.25) is 4.79 Å². The van der Waals surface area contributed by atoms with E-state index < -0.39 is 0 Å². The van der Waals surface area contributed by atoms with Crippen molar-refractivity contribution in [2.24, 2.45) is 17.8 Å². The van der Waals surface area contributed by atoms with Gasteiger partial charge >= 0.3 is 0 Å². The molecule has 0 saturated heterocycles. The van der Waals surface area contributed by atoms with Crippen molar-refractivity contribution < 1.29 is 4.79 Å². The van der Waals surface area contributed by atoms with Gasteiger partial charge in [0.25, 0.3) is 0 Å². The highest BCUT2D eigenvalue weighted by Gasteiger charge is 2.40. The van der Waals surface area contributed by atoms with E-state index in [1.54, 1.807) is 11.3 Å². The number of thiazole rings is 1. The van der Waals surface area contributed by atoms with E-state index in [9.17, 15) is 4.79 Å². The van der Waals surface area contributed by atoms with Crippen molar-refractivity contribution >= 4 is 22.4 Å². The van der Waals surface area contributed by atoms with Gasteiger partial charge in [0, 0.05) is 17.4 Å². The molecule has 0 spiro atoms. The second-order valence-electron chi connectivity index (χ2n) is 8.42. The van der Waals surface area contributed by atoms with E-state index in [0.717, 1.165) is 22.7 Å². The number of hydrogen-bond acceptors (Lipinski definition) is 3. The first-order valence-electron chi connectivity index (χ1n) is 10.1. The number of anilines is 1. The van der Waals surface area contributed by atoms with Gasteiger partial charge < -0.3 is 5.32 Å². The summed E-state index contributed by atoms with van der Waals surface area (Å²) in [5.74, 6) is 2.45. The summed E-state index contributed by atoms with van der Waals surface area (Å²) in [6.07, 6.45) is 11.0. The Morgan fingerprint density at radius 2 is 2.04 bits per heavy atom. The van der Waals surface area contributed by atoms with Crippen molar-refractivity contribution in [3.63, 3.8) is 0 Å². The van der Waals surface area contributed by atoms with Crippen molar-refractivity contribution in [1.29, 1.82) is 0 Å². The number of carbonyl (C=O) groups excluding carboxylic acids is 1. The van der Waals surface area contributed by atoms with Gasteiger partial charge in [0.1, 0.15) is 0 Å². The predicted octanol–water partition coefficient (Wildman–Crippen LogP) is 5.45. The summed E-state index contributed by atoms with van der Waals surface area (Å²) in [6.45, 7) is 0. The van der Waals surface area contributed by atoms with Crippen LogP contribution in [-0.4, -0.2) is 10.9 Å². The molecule has 2 saturated carbocycles. The van der Waals surface area contributed by atoms with E-state index in [0.29, 0.717) is 12.3 Å². The fourth-order valence-corrected chi connectivity index (χ4v) is 6.13. The lowest BCUT2D eigenvalue weighted by Crippen LogP contribution is -2.20. The van der Waals surface area contributed by atoms with Crippen molar-refractivity contribution in [3.8, 4) is 11.3 Å². The number of nitrogens with zero attached hydrogens (tertiary/aromatic N) is 1. The zero-order valence-electron chi connectivity index (χ0n) is 15.2. The van der Waals surface area contributed by atoms with E-state index in [-0.39, 0.29) is 5.91 Å². The number of amides is 1. The third-order valence-electron chi connectivity index (χ3n) is 6.73. The third kappa shape index (κ3) is 3.20. The first-order chi connectivity index (χ1) is 12.7. The minimum absolute atomic E-state index is 0.147. The standard InChI is InChI=1S/C22H26N2OS/c25-21(12-19-10-14-5-6-17(19)9-14)24-22-23-20(13-26-22)18-8-7-15-3-1-2-4-16(15)11-18/h7-8,11,13-14,17,19H,1-6,9-10,12H2,(H,23,24,25)/t14-,17+,19-/m0/s1. The molecule has 1 amide bonds. The summed E-state index contributed by atoms with van der Waals surface area (Å²) in [6, 6.07) is 6.74. The van der Waals surface area contributed by atoms with Gasteiger partial charge in [-0.25, -0.2) is 4.98 Å². The molecule has 4 heteroatoms. The van der Waals surface area contributed by atoms with Crippen LogP contribution in [0.5, 0.6) is 0 Å². The number of nitrogens with one attached hydrogen (secondary N) is 1. The van der Waals surface area contributed by atoms with Gasteiger partial charge in [-0.2, -0.15) is 0 Å². The Morgan fingerprint density at radius 3 is 2.85 bits per heavy atom. The van der Waals surface area contributed by atoms with Crippen molar-refractivity contribution in [2.45, 2.75) is 57.8 Å². The highest BCUT2D eigenvalue weighted by Crippen LogP contribution is 2.49. The summed E-state index contributed by atoms with van der Waals surface area (Å²) in [5.41, 5.74) is 5.13. The zero-order chi connectivity index (χ0) is 17.5. The molecule has 1 heterocycles. The van der Waals surface area contributed by atoms with Crippen LogP contribution in [0.2, 0.25) is 0 Å². The lowest BCUT2D eigenvalue weighted by molar-refractivity contribution is -0.117. The minimum atomic E-state index is 0.147. The van der Waals surface area contributed by atoms with Gasteiger partial charge in [-0.1, -0.05) is 18.6 Å². The van der Waals surface area contributed by atoms with Gasteiger partial charge in [-0.15, -0.1) is 11.3 Å². The second-order valence-corrected chi connectivity index (χ2v) is 9.27. The predicted molar refractivity (Wildman–Crippen MR) is 106 cm³/mol. The van der Waals surface area contributed by atoms with Crippen LogP contribution in [0.4, 0.5) is 5.13 Å². The van der Waals surface area contributed by atoms with Crippen molar-refractivity contribution in [3.05, 3.63) is 34.7 Å². The molecule has 2 bridgehead atoms. The smallest absolute Gasteiger partial charge is 0.226 e. The van der Waals surface area contributed by atoms with Crippen LogP contribution >= 0.6 is 11.3 Å². The largest absolute Gasteiger partial charge is 0.302 e. The number of aromatic nitrogens is 1. The molecule has 2 fully saturated rings. The van der Waals surface area contributed by atoms with Crippen LogP contribution in [0.15, 0.2) is 23.6 Å². The van der Waals surface area contributed by atoms with Crippen LogP contribution in [0.3, 0.4) is 0 Å². The van der Waals surface area contributed by atoms with E-state index >= 15 is 0 Å². The first-order valence-corrected chi connectivity index (χ1v) is 11.0. The quantitative estimate of drug-likeness (QED) is 0.781. The van der Waals surface area contributed by atoms with Crippen LogP contribution in [0.25, 0.3) is 11.3 Å². The lowest BCUT2D eigenvalue weighted by Gasteiger charge is -2.20. The molecule has 3 atom stereocenters. The number of fused-ring (bicyclic) bond motifs is 3. The van der Waals surface area contributed by atoms with Gasteiger partial charge in [-0.05, 0) is 79.9 Å². The molecule has 3 nitrogen and oxygen atoms in total. The molecule has 1 aromatic heterocycles. The van der Waals surface area contributed by atoms with E-state index in [1.165, 1.54) is 68.1 Å². The van der Waals surface area contributed by atoms with Gasteiger partial charge in [0.05, 0.1) is 5.69 Å². The van der Waals surface area contributed by atoms with Crippen LogP contribution < -0.4 is 5.32 Å². The Kier molecular flexibility index (Phi) is 4.32. The van der Waals surface area contributed by atoms with Gasteiger partial charge in [0.15, 0.2) is 5.13 Å². The van der Waals surface area contributed by atoms with Crippen molar-refractivity contribution in [2.75, 3.05) is 5.32 Å². The average Bonchev–Trinajstić information content (AvgIpc) is 3.38. The molecule has 3 aliphatic carbocycles. The monoisotopic (exact) mass is 366 g/mol. The molecule has 26 heavy (non-hydrogen) atoms. The summed E-state index contributed by atoms with van der Waals surface area (Å²) in [5, 5.41) is 5.86. The van der Waals surface area contributed by atoms with E-state index in [1.807, 2.05) is 0 Å². The maximum atomic E-state index is 12.4. The van der Waals surface area contributed by atoms with E-state index in [2.05, 4.69) is 33.9 Å². The molecule has 0 aliphatic heterocycles. The molecule has 1 aromatic carbocycles. The molecule has 136 valence electrons. The number of carbonyl (C=O) groups is 1. The average molecular weight is 367 g/mol. The molecule has 3 aliphatic rings. The Bertz CT molecular complexity index is 827. The van der Waals surface area contributed by atoms with Gasteiger partial charge in [0.2, 0.25) is 5.91 Å². The summed E-state index contributed by atoms with van der Waals surface area (Å²) >= 11 is 1.54. The maximum Gasteiger partial charge on any atom is 0.226 e. The van der Waals surface area contributed by atoms with Crippen LogP contribution in [-0.2, 0) is 17.6 Å². The number of hydrogen-bond donors (Lipinski definition) is 1. The summed E-state index contributed by atoms with van der Waals surface area (Å²) in [4.78, 5) is 17.1. The SMILES string of the molecule is O=C(C[C@@H]1C[C@H]2CC[C@@H]1C2)Nc1nc(-c2ccc3c(c2)CCCC3)cs1. The Hall–Kier alpha value is -1.68. The molecule has 0 unspecified atom stereocenters. The molecule has 0 radical (unpaired) electrons. The topological polar surface area (TPSA) is 42.0 Å². The molecule has 2 aromatic rings. The summed E-state index contributed by atoms with van der Waals surface area (Å²) in [7, 11) is 0. The highest BCUT2D eigenvalue weighted by atomic mass is 32.1. The Balaban J connectivity index is 1.24. The number of benzene rings is 1. The third-order valence-corrected chi connectivity index (χ3v) is 7.48. The second kappa shape index (κ2) is 6.80. The number of rotatable bonds is 4. The Labute approximate surface area is 159 Å².